The van der Waals surface area contributed by atoms with E-state index in [4.69, 9.17) is 10.2 Å². The first-order valence-corrected chi connectivity index (χ1v) is 11.1. The summed E-state index contributed by atoms with van der Waals surface area (Å²) >= 11 is 0. The summed E-state index contributed by atoms with van der Waals surface area (Å²) in [6, 6.07) is 18.8. The minimum atomic E-state index is -0.472. The van der Waals surface area contributed by atoms with E-state index in [1.165, 1.54) is 18.2 Å². The lowest BCUT2D eigenvalue weighted by atomic mass is 10.1. The van der Waals surface area contributed by atoms with Gasteiger partial charge in [-0.2, -0.15) is 0 Å². The van der Waals surface area contributed by atoms with E-state index < -0.39 is 11.8 Å². The molecule has 0 fully saturated rings. The summed E-state index contributed by atoms with van der Waals surface area (Å²) in [5.41, 5.74) is 1.89. The second-order valence-electron chi connectivity index (χ2n) is 7.61. The molecule has 36 heavy (non-hydrogen) atoms. The number of carbonyl (C=O) groups is 4. The van der Waals surface area contributed by atoms with Crippen molar-refractivity contribution in [3.8, 4) is 0 Å². The SMILES string of the molecule is O=C(NCCO)c1cccc(NC(=O)c2cccc(C(=O)Nc3cccc(C(=O)NCCO)c3)c2)c1. The van der Waals surface area contributed by atoms with E-state index in [1.54, 1.807) is 54.6 Å². The number of carbonyl (C=O) groups excluding carboxylic acids is 4. The Hall–Kier alpha value is -4.54. The molecule has 0 bridgehead atoms. The molecule has 0 unspecified atom stereocenters. The van der Waals surface area contributed by atoms with Crippen LogP contribution in [0.25, 0.3) is 0 Å². The van der Waals surface area contributed by atoms with Gasteiger partial charge in [-0.15, -0.1) is 0 Å². The van der Waals surface area contributed by atoms with Crippen molar-refractivity contribution in [3.05, 3.63) is 95.1 Å². The van der Waals surface area contributed by atoms with Crippen LogP contribution in [0.2, 0.25) is 0 Å². The van der Waals surface area contributed by atoms with Gasteiger partial charge in [-0.25, -0.2) is 0 Å². The summed E-state index contributed by atoms with van der Waals surface area (Å²) in [7, 11) is 0. The van der Waals surface area contributed by atoms with E-state index in [0.717, 1.165) is 0 Å². The van der Waals surface area contributed by atoms with Gasteiger partial charge in [-0.1, -0.05) is 18.2 Å². The zero-order valence-corrected chi connectivity index (χ0v) is 19.3. The molecule has 0 saturated carbocycles. The fourth-order valence-corrected chi connectivity index (χ4v) is 3.23. The zero-order chi connectivity index (χ0) is 25.9. The van der Waals surface area contributed by atoms with Crippen LogP contribution >= 0.6 is 0 Å². The first kappa shape index (κ1) is 26.1. The number of aliphatic hydroxyl groups excluding tert-OH is 2. The quantitative estimate of drug-likeness (QED) is 0.254. The van der Waals surface area contributed by atoms with Crippen molar-refractivity contribution in [3.63, 3.8) is 0 Å². The lowest BCUT2D eigenvalue weighted by molar-refractivity contribution is 0.0937. The van der Waals surface area contributed by atoms with Crippen molar-refractivity contribution < 1.29 is 29.4 Å². The van der Waals surface area contributed by atoms with Gasteiger partial charge < -0.3 is 31.5 Å². The number of hydrogen-bond donors (Lipinski definition) is 6. The molecule has 6 N–H and O–H groups in total. The lowest BCUT2D eigenvalue weighted by Gasteiger charge is -2.10. The largest absolute Gasteiger partial charge is 0.395 e. The normalized spacial score (nSPS) is 10.3. The van der Waals surface area contributed by atoms with Gasteiger partial charge in [-0.05, 0) is 54.6 Å². The van der Waals surface area contributed by atoms with Crippen molar-refractivity contribution in [2.45, 2.75) is 0 Å². The predicted molar refractivity (Wildman–Crippen MR) is 134 cm³/mol. The summed E-state index contributed by atoms with van der Waals surface area (Å²) < 4.78 is 0. The Labute approximate surface area is 207 Å². The van der Waals surface area contributed by atoms with Gasteiger partial charge in [0.25, 0.3) is 23.6 Å². The summed E-state index contributed by atoms with van der Waals surface area (Å²) in [5.74, 6) is -1.71. The van der Waals surface area contributed by atoms with Gasteiger partial charge in [-0.3, -0.25) is 19.2 Å². The monoisotopic (exact) mass is 490 g/mol. The third kappa shape index (κ3) is 7.23. The Bertz CT molecular complexity index is 1170. The van der Waals surface area contributed by atoms with E-state index in [2.05, 4.69) is 21.3 Å². The first-order valence-electron chi connectivity index (χ1n) is 11.1. The van der Waals surface area contributed by atoms with Gasteiger partial charge in [0, 0.05) is 46.7 Å². The Balaban J connectivity index is 1.68. The maximum atomic E-state index is 12.8. The van der Waals surface area contributed by atoms with Crippen LogP contribution in [0.3, 0.4) is 0 Å². The molecular formula is C26H26N4O6. The maximum Gasteiger partial charge on any atom is 0.255 e. The number of amides is 4. The second-order valence-corrected chi connectivity index (χ2v) is 7.61. The average Bonchev–Trinajstić information content (AvgIpc) is 2.90. The van der Waals surface area contributed by atoms with E-state index in [9.17, 15) is 19.2 Å². The van der Waals surface area contributed by atoms with Gasteiger partial charge >= 0.3 is 0 Å². The maximum absolute atomic E-state index is 12.8. The Morgan fingerprint density at radius 2 is 0.889 bits per heavy atom. The minimum Gasteiger partial charge on any atom is -0.395 e. The summed E-state index contributed by atoms with van der Waals surface area (Å²) in [5, 5.41) is 28.2. The Morgan fingerprint density at radius 1 is 0.528 bits per heavy atom. The first-order chi connectivity index (χ1) is 17.4. The van der Waals surface area contributed by atoms with Crippen LogP contribution in [0.15, 0.2) is 72.8 Å². The summed E-state index contributed by atoms with van der Waals surface area (Å²) in [4.78, 5) is 49.7. The fourth-order valence-electron chi connectivity index (χ4n) is 3.23. The lowest BCUT2D eigenvalue weighted by Crippen LogP contribution is -2.26. The smallest absolute Gasteiger partial charge is 0.255 e. The molecule has 0 radical (unpaired) electrons. The van der Waals surface area contributed by atoms with E-state index in [-0.39, 0.29) is 49.2 Å². The van der Waals surface area contributed by atoms with Crippen LogP contribution in [0.4, 0.5) is 11.4 Å². The van der Waals surface area contributed by atoms with Crippen molar-refractivity contribution in [1.82, 2.24) is 10.6 Å². The van der Waals surface area contributed by atoms with Gasteiger partial charge in [0.2, 0.25) is 0 Å². The number of hydrogen-bond acceptors (Lipinski definition) is 6. The molecule has 0 spiro atoms. The third-order valence-electron chi connectivity index (χ3n) is 4.95. The molecule has 0 atom stereocenters. The molecular weight excluding hydrogens is 464 g/mol. The topological polar surface area (TPSA) is 157 Å². The molecule has 0 saturated heterocycles. The zero-order valence-electron chi connectivity index (χ0n) is 19.3. The average molecular weight is 491 g/mol. The number of rotatable bonds is 10. The highest BCUT2D eigenvalue weighted by Gasteiger charge is 2.13. The van der Waals surface area contributed by atoms with Gasteiger partial charge in [0.05, 0.1) is 13.2 Å². The molecule has 10 nitrogen and oxygen atoms in total. The van der Waals surface area contributed by atoms with E-state index in [0.29, 0.717) is 22.5 Å². The highest BCUT2D eigenvalue weighted by molar-refractivity contribution is 6.09. The number of benzene rings is 3. The van der Waals surface area contributed by atoms with E-state index in [1.807, 2.05) is 0 Å². The van der Waals surface area contributed by atoms with Gasteiger partial charge in [0.1, 0.15) is 0 Å². The Kier molecular flexibility index (Phi) is 9.26. The molecule has 0 aliphatic rings. The third-order valence-corrected chi connectivity index (χ3v) is 4.95. The second kappa shape index (κ2) is 12.8. The molecule has 3 rings (SSSR count). The molecule has 4 amide bonds. The highest BCUT2D eigenvalue weighted by Crippen LogP contribution is 2.16. The minimum absolute atomic E-state index is 0.117. The molecule has 3 aromatic rings. The highest BCUT2D eigenvalue weighted by atomic mass is 16.3. The van der Waals surface area contributed by atoms with Crippen LogP contribution in [0.1, 0.15) is 41.4 Å². The van der Waals surface area contributed by atoms with Crippen molar-refractivity contribution in [2.24, 2.45) is 0 Å². The molecule has 10 heteroatoms. The molecule has 0 aromatic heterocycles. The summed E-state index contributed by atoms with van der Waals surface area (Å²) in [6.45, 7) is -0.133. The predicted octanol–water partition coefficient (Wildman–Crippen LogP) is 1.64. The Morgan fingerprint density at radius 3 is 1.28 bits per heavy atom. The molecule has 3 aromatic carbocycles. The fraction of sp³-hybridized carbons (Fsp3) is 0.154. The van der Waals surface area contributed by atoms with E-state index >= 15 is 0 Å². The standard InChI is InChI=1S/C26H26N4O6/c31-12-10-27-23(33)19-6-2-8-21(15-19)29-25(35)17-4-1-5-18(14-17)26(36)30-22-9-3-7-20(16-22)24(34)28-11-13-32/h1-9,14-16,31-32H,10-13H2,(H,27,33)(H,28,34)(H,29,35)(H,30,36). The van der Waals surface area contributed by atoms with Crippen LogP contribution in [-0.4, -0.2) is 60.1 Å². The van der Waals surface area contributed by atoms with Crippen molar-refractivity contribution in [1.29, 1.82) is 0 Å². The summed E-state index contributed by atoms with van der Waals surface area (Å²) in [6.07, 6.45) is 0. The molecule has 0 aliphatic heterocycles. The molecule has 0 aliphatic carbocycles. The van der Waals surface area contributed by atoms with Crippen LogP contribution in [0.5, 0.6) is 0 Å². The number of anilines is 2. The number of aliphatic hydroxyl groups is 2. The van der Waals surface area contributed by atoms with Crippen LogP contribution in [0, 0.1) is 0 Å². The van der Waals surface area contributed by atoms with Gasteiger partial charge in [0.15, 0.2) is 0 Å². The number of nitrogens with one attached hydrogen (secondary N) is 4. The van der Waals surface area contributed by atoms with Crippen LogP contribution < -0.4 is 21.3 Å². The van der Waals surface area contributed by atoms with Crippen LogP contribution in [-0.2, 0) is 0 Å². The van der Waals surface area contributed by atoms with Crippen molar-refractivity contribution in [2.75, 3.05) is 36.9 Å². The van der Waals surface area contributed by atoms with Crippen molar-refractivity contribution >= 4 is 35.0 Å². The molecule has 186 valence electrons. The molecule has 0 heterocycles.